The van der Waals surface area contributed by atoms with Crippen molar-refractivity contribution >= 4 is 44.8 Å². The third-order valence-electron chi connectivity index (χ3n) is 4.90. The van der Waals surface area contributed by atoms with Gasteiger partial charge in [0, 0.05) is 43.0 Å². The summed E-state index contributed by atoms with van der Waals surface area (Å²) in [6.45, 7) is 1.55. The molecule has 1 aromatic heterocycles. The second kappa shape index (κ2) is 8.91. The number of halogens is 1. The third kappa shape index (κ3) is 4.72. The molecule has 0 aliphatic carbocycles. The van der Waals surface area contributed by atoms with Crippen LogP contribution >= 0.6 is 23.4 Å². The zero-order chi connectivity index (χ0) is 22.0. The van der Waals surface area contributed by atoms with Crippen LogP contribution in [0.4, 0.5) is 11.4 Å². The minimum absolute atomic E-state index is 0.00546. The molecule has 0 N–H and O–H groups in total. The van der Waals surface area contributed by atoms with Gasteiger partial charge in [-0.1, -0.05) is 11.6 Å². The lowest BCUT2D eigenvalue weighted by atomic mass is 10.2. The van der Waals surface area contributed by atoms with Crippen molar-refractivity contribution in [2.75, 3.05) is 31.1 Å². The van der Waals surface area contributed by atoms with E-state index in [4.69, 9.17) is 16.0 Å². The van der Waals surface area contributed by atoms with Gasteiger partial charge in [0.1, 0.15) is 0 Å². The van der Waals surface area contributed by atoms with Crippen LogP contribution in [0, 0.1) is 10.1 Å². The molecule has 8 nitrogen and oxygen atoms in total. The molecule has 1 fully saturated rings. The number of sulfonamides is 1. The highest BCUT2D eigenvalue weighted by atomic mass is 35.5. The third-order valence-corrected chi connectivity index (χ3v) is 8.05. The number of hydrogen-bond donors (Lipinski definition) is 0. The fourth-order valence-electron chi connectivity index (χ4n) is 3.30. The van der Waals surface area contributed by atoms with Crippen molar-refractivity contribution < 1.29 is 17.8 Å². The zero-order valence-corrected chi connectivity index (χ0v) is 18.6. The summed E-state index contributed by atoms with van der Waals surface area (Å²) in [5.74, 6) is 0. The number of nitrogens with zero attached hydrogens (tertiary/aromatic N) is 3. The normalized spacial score (nSPS) is 15.2. The van der Waals surface area contributed by atoms with Crippen LogP contribution in [-0.4, -0.2) is 43.8 Å². The number of anilines is 1. The van der Waals surface area contributed by atoms with Gasteiger partial charge in [-0.25, -0.2) is 8.42 Å². The number of furan rings is 1. The molecule has 162 valence electrons. The molecule has 3 aromatic rings. The predicted molar refractivity (Wildman–Crippen MR) is 118 cm³/mol. The van der Waals surface area contributed by atoms with Crippen LogP contribution in [0.5, 0.6) is 0 Å². The average molecular weight is 480 g/mol. The predicted octanol–water partition coefficient (Wildman–Crippen LogP) is 4.50. The first-order valence-electron chi connectivity index (χ1n) is 9.35. The van der Waals surface area contributed by atoms with Crippen LogP contribution in [0.2, 0.25) is 5.02 Å². The first-order valence-corrected chi connectivity index (χ1v) is 12.0. The van der Waals surface area contributed by atoms with E-state index in [1.54, 1.807) is 36.4 Å². The van der Waals surface area contributed by atoms with Gasteiger partial charge in [-0.2, -0.15) is 4.31 Å². The van der Waals surface area contributed by atoms with E-state index in [-0.39, 0.29) is 10.6 Å². The quantitative estimate of drug-likeness (QED) is 0.379. The lowest BCUT2D eigenvalue weighted by Crippen LogP contribution is -2.48. The van der Waals surface area contributed by atoms with Crippen LogP contribution in [0.25, 0.3) is 0 Å². The number of nitro benzene ring substituents is 1. The smallest absolute Gasteiger partial charge is 0.283 e. The van der Waals surface area contributed by atoms with Gasteiger partial charge >= 0.3 is 0 Å². The van der Waals surface area contributed by atoms with Crippen LogP contribution in [0.1, 0.15) is 0 Å². The van der Waals surface area contributed by atoms with E-state index in [0.29, 0.717) is 41.2 Å². The van der Waals surface area contributed by atoms with Crippen molar-refractivity contribution in [3.63, 3.8) is 0 Å². The minimum atomic E-state index is -3.60. The standard InChI is InChI=1S/C20H18ClN3O5S2/c21-15-3-6-17(7-4-15)31(27,28)23-11-9-22(10-12-23)16-5-8-18(24(25)26)19(14-16)30-20-2-1-13-29-20/h1-8,13-14H,9-12H2. The van der Waals surface area contributed by atoms with Gasteiger partial charge in [-0.05, 0) is 60.3 Å². The number of rotatable bonds is 6. The van der Waals surface area contributed by atoms with Crippen LogP contribution in [-0.2, 0) is 10.0 Å². The van der Waals surface area contributed by atoms with Gasteiger partial charge in [0.15, 0.2) is 5.09 Å². The maximum Gasteiger partial charge on any atom is 0.283 e. The van der Waals surface area contributed by atoms with E-state index in [0.717, 1.165) is 5.69 Å². The Hall–Kier alpha value is -2.53. The second-order valence-corrected chi connectivity index (χ2v) is 10.2. The number of piperazine rings is 1. The molecule has 2 heterocycles. The Morgan fingerprint density at radius 3 is 2.35 bits per heavy atom. The van der Waals surface area contributed by atoms with Crippen molar-refractivity contribution in [3.05, 3.63) is 76.0 Å². The molecule has 2 aromatic carbocycles. The Balaban J connectivity index is 1.50. The molecule has 0 amide bonds. The number of hydrogen-bond acceptors (Lipinski definition) is 7. The van der Waals surface area contributed by atoms with Gasteiger partial charge in [0.25, 0.3) is 5.69 Å². The van der Waals surface area contributed by atoms with Crippen LogP contribution in [0.3, 0.4) is 0 Å². The lowest BCUT2D eigenvalue weighted by molar-refractivity contribution is -0.387. The van der Waals surface area contributed by atoms with Crippen molar-refractivity contribution in [2.24, 2.45) is 0 Å². The van der Waals surface area contributed by atoms with Crippen LogP contribution < -0.4 is 4.90 Å². The number of nitro groups is 1. The second-order valence-electron chi connectivity index (χ2n) is 6.79. The molecule has 0 unspecified atom stereocenters. The Morgan fingerprint density at radius 2 is 1.74 bits per heavy atom. The van der Waals surface area contributed by atoms with E-state index in [2.05, 4.69) is 0 Å². The Kier molecular flexibility index (Phi) is 6.24. The van der Waals surface area contributed by atoms with E-state index in [9.17, 15) is 18.5 Å². The molecular formula is C20H18ClN3O5S2. The highest BCUT2D eigenvalue weighted by Crippen LogP contribution is 2.38. The molecule has 31 heavy (non-hydrogen) atoms. The van der Waals surface area contributed by atoms with Crippen molar-refractivity contribution in [1.29, 1.82) is 0 Å². The molecule has 11 heteroatoms. The molecule has 0 bridgehead atoms. The zero-order valence-electron chi connectivity index (χ0n) is 16.2. The van der Waals surface area contributed by atoms with Gasteiger partial charge in [0.2, 0.25) is 10.0 Å². The summed E-state index contributed by atoms with van der Waals surface area (Å²) in [4.78, 5) is 13.7. The monoisotopic (exact) mass is 479 g/mol. The van der Waals surface area contributed by atoms with E-state index in [1.165, 1.54) is 40.5 Å². The van der Waals surface area contributed by atoms with Gasteiger partial charge in [0.05, 0.1) is 21.0 Å². The summed E-state index contributed by atoms with van der Waals surface area (Å²) < 4.78 is 32.5. The summed E-state index contributed by atoms with van der Waals surface area (Å²) >= 11 is 7.04. The summed E-state index contributed by atoms with van der Waals surface area (Å²) in [6.07, 6.45) is 1.51. The molecule has 0 atom stereocenters. The highest BCUT2D eigenvalue weighted by molar-refractivity contribution is 7.99. The molecule has 0 saturated carbocycles. The van der Waals surface area contributed by atoms with Crippen LogP contribution in [0.15, 0.2) is 80.2 Å². The lowest BCUT2D eigenvalue weighted by Gasteiger charge is -2.35. The molecule has 1 saturated heterocycles. The summed E-state index contributed by atoms with van der Waals surface area (Å²) in [6, 6.07) is 14.5. The summed E-state index contributed by atoms with van der Waals surface area (Å²) in [7, 11) is -3.60. The maximum absolute atomic E-state index is 12.9. The van der Waals surface area contributed by atoms with Gasteiger partial charge in [-0.15, -0.1) is 0 Å². The maximum atomic E-state index is 12.9. The molecule has 1 aliphatic heterocycles. The average Bonchev–Trinajstić information content (AvgIpc) is 3.27. The highest BCUT2D eigenvalue weighted by Gasteiger charge is 2.29. The topological polar surface area (TPSA) is 96.9 Å². The van der Waals surface area contributed by atoms with Gasteiger partial charge < -0.3 is 9.32 Å². The SMILES string of the molecule is O=[N+]([O-])c1ccc(N2CCN(S(=O)(=O)c3ccc(Cl)cc3)CC2)cc1Sc1ccco1. The first kappa shape index (κ1) is 21.7. The molecule has 0 spiro atoms. The Morgan fingerprint density at radius 1 is 1.03 bits per heavy atom. The Labute approximate surface area is 188 Å². The molecule has 1 aliphatic rings. The van der Waals surface area contributed by atoms with E-state index < -0.39 is 14.9 Å². The van der Waals surface area contributed by atoms with E-state index in [1.807, 2.05) is 4.90 Å². The fourth-order valence-corrected chi connectivity index (χ4v) is 5.75. The number of benzene rings is 2. The first-order chi connectivity index (χ1) is 14.8. The van der Waals surface area contributed by atoms with Gasteiger partial charge in [-0.3, -0.25) is 10.1 Å². The fraction of sp³-hybridized carbons (Fsp3) is 0.200. The molecule has 4 rings (SSSR count). The van der Waals surface area contributed by atoms with E-state index >= 15 is 0 Å². The minimum Gasteiger partial charge on any atom is -0.458 e. The summed E-state index contributed by atoms with van der Waals surface area (Å²) in [5.41, 5.74) is 0.789. The van der Waals surface area contributed by atoms with Crippen molar-refractivity contribution in [2.45, 2.75) is 14.9 Å². The largest absolute Gasteiger partial charge is 0.458 e. The Bertz CT molecular complexity index is 1180. The molecular weight excluding hydrogens is 462 g/mol. The van der Waals surface area contributed by atoms with Crippen molar-refractivity contribution in [3.8, 4) is 0 Å². The molecule has 0 radical (unpaired) electrons. The summed E-state index contributed by atoms with van der Waals surface area (Å²) in [5, 5.41) is 12.4. The van der Waals surface area contributed by atoms with Crippen molar-refractivity contribution in [1.82, 2.24) is 4.31 Å².